The summed E-state index contributed by atoms with van der Waals surface area (Å²) in [6.45, 7) is 3.07. The zero-order chi connectivity index (χ0) is 13.8. The molecule has 1 fully saturated rings. The molecule has 104 valence electrons. The third kappa shape index (κ3) is 3.33. The molecular formula is C15H20O4. The Balaban J connectivity index is 2.06. The Kier molecular flexibility index (Phi) is 4.56. The van der Waals surface area contributed by atoms with Gasteiger partial charge in [0, 0.05) is 13.2 Å². The van der Waals surface area contributed by atoms with E-state index in [1.54, 1.807) is 19.1 Å². The summed E-state index contributed by atoms with van der Waals surface area (Å²) in [5, 5.41) is 19.3. The standard InChI is InChI=1S/C15H20O4/c1-10(15(17)18)11-2-4-12(5-3-11)14(16)13-6-8-19-9-7-13/h2-5,10,13-14,16H,6-9H2,1H3,(H,17,18). The summed E-state index contributed by atoms with van der Waals surface area (Å²) in [6.07, 6.45) is 1.25. The lowest BCUT2D eigenvalue weighted by atomic mass is 9.88. The summed E-state index contributed by atoms with van der Waals surface area (Å²) in [5.74, 6) is -1.12. The highest BCUT2D eigenvalue weighted by Crippen LogP contribution is 2.30. The first-order valence-electron chi connectivity index (χ1n) is 6.68. The molecule has 0 saturated carbocycles. The van der Waals surface area contributed by atoms with E-state index in [0.29, 0.717) is 13.2 Å². The van der Waals surface area contributed by atoms with E-state index >= 15 is 0 Å². The molecule has 0 bridgehead atoms. The van der Waals surface area contributed by atoms with E-state index in [4.69, 9.17) is 9.84 Å². The van der Waals surface area contributed by atoms with Crippen molar-refractivity contribution in [3.05, 3.63) is 35.4 Å². The summed E-state index contributed by atoms with van der Waals surface area (Å²) in [7, 11) is 0. The van der Waals surface area contributed by atoms with Crippen LogP contribution in [0.2, 0.25) is 0 Å². The minimum absolute atomic E-state index is 0.233. The number of ether oxygens (including phenoxy) is 1. The number of aliphatic carboxylic acids is 1. The van der Waals surface area contributed by atoms with E-state index in [-0.39, 0.29) is 5.92 Å². The van der Waals surface area contributed by atoms with Crippen molar-refractivity contribution in [3.8, 4) is 0 Å². The summed E-state index contributed by atoms with van der Waals surface area (Å²) < 4.78 is 5.29. The monoisotopic (exact) mass is 264 g/mol. The Morgan fingerprint density at radius 2 is 1.74 bits per heavy atom. The van der Waals surface area contributed by atoms with E-state index in [9.17, 15) is 9.90 Å². The Morgan fingerprint density at radius 3 is 2.26 bits per heavy atom. The fourth-order valence-electron chi connectivity index (χ4n) is 2.43. The molecular weight excluding hydrogens is 244 g/mol. The maximum Gasteiger partial charge on any atom is 0.310 e. The lowest BCUT2D eigenvalue weighted by Crippen LogP contribution is -2.22. The first kappa shape index (κ1) is 14.0. The van der Waals surface area contributed by atoms with Gasteiger partial charge in [-0.1, -0.05) is 24.3 Å². The van der Waals surface area contributed by atoms with Crippen LogP contribution in [0.3, 0.4) is 0 Å². The predicted molar refractivity (Wildman–Crippen MR) is 71.0 cm³/mol. The average molecular weight is 264 g/mol. The third-order valence-corrected chi connectivity index (χ3v) is 3.86. The quantitative estimate of drug-likeness (QED) is 0.876. The van der Waals surface area contributed by atoms with E-state index in [0.717, 1.165) is 24.0 Å². The van der Waals surface area contributed by atoms with Gasteiger partial charge in [0.1, 0.15) is 0 Å². The lowest BCUT2D eigenvalue weighted by molar-refractivity contribution is -0.138. The Labute approximate surface area is 113 Å². The van der Waals surface area contributed by atoms with E-state index < -0.39 is 18.0 Å². The Bertz CT molecular complexity index is 420. The molecule has 0 radical (unpaired) electrons. The second-order valence-electron chi connectivity index (χ2n) is 5.12. The fourth-order valence-corrected chi connectivity index (χ4v) is 2.43. The molecule has 1 aromatic rings. The summed E-state index contributed by atoms with van der Waals surface area (Å²) in [5.41, 5.74) is 1.61. The van der Waals surface area contributed by atoms with Gasteiger partial charge in [-0.2, -0.15) is 0 Å². The van der Waals surface area contributed by atoms with Gasteiger partial charge in [-0.25, -0.2) is 0 Å². The van der Waals surface area contributed by atoms with Gasteiger partial charge in [-0.15, -0.1) is 0 Å². The molecule has 4 nitrogen and oxygen atoms in total. The lowest BCUT2D eigenvalue weighted by Gasteiger charge is -2.27. The highest BCUT2D eigenvalue weighted by Gasteiger charge is 2.23. The molecule has 1 saturated heterocycles. The maximum atomic E-state index is 10.9. The molecule has 4 heteroatoms. The molecule has 2 N–H and O–H groups in total. The second-order valence-corrected chi connectivity index (χ2v) is 5.12. The minimum atomic E-state index is -0.835. The van der Waals surface area contributed by atoms with Crippen molar-refractivity contribution in [2.75, 3.05) is 13.2 Å². The van der Waals surface area contributed by atoms with Gasteiger partial charge in [-0.05, 0) is 36.8 Å². The number of aliphatic hydroxyl groups excluding tert-OH is 1. The molecule has 2 unspecified atom stereocenters. The van der Waals surface area contributed by atoms with Crippen molar-refractivity contribution in [3.63, 3.8) is 0 Å². The molecule has 2 rings (SSSR count). The van der Waals surface area contributed by atoms with Crippen molar-refractivity contribution >= 4 is 5.97 Å². The maximum absolute atomic E-state index is 10.9. The zero-order valence-electron chi connectivity index (χ0n) is 11.1. The largest absolute Gasteiger partial charge is 0.481 e. The second kappa shape index (κ2) is 6.17. The average Bonchev–Trinajstić information content (AvgIpc) is 2.46. The van der Waals surface area contributed by atoms with Crippen LogP contribution in [0.15, 0.2) is 24.3 Å². The zero-order valence-corrected chi connectivity index (χ0v) is 11.1. The van der Waals surface area contributed by atoms with Crippen molar-refractivity contribution in [2.45, 2.75) is 31.8 Å². The first-order valence-corrected chi connectivity index (χ1v) is 6.68. The predicted octanol–water partition coefficient (Wildman–Crippen LogP) is 2.33. The van der Waals surface area contributed by atoms with Crippen molar-refractivity contribution in [2.24, 2.45) is 5.92 Å². The molecule has 0 amide bonds. The number of benzene rings is 1. The molecule has 0 aliphatic carbocycles. The van der Waals surface area contributed by atoms with Crippen LogP contribution in [0.5, 0.6) is 0 Å². The van der Waals surface area contributed by atoms with Crippen LogP contribution in [0, 0.1) is 5.92 Å². The minimum Gasteiger partial charge on any atom is -0.481 e. The van der Waals surface area contributed by atoms with Crippen molar-refractivity contribution in [1.29, 1.82) is 0 Å². The van der Waals surface area contributed by atoms with Gasteiger partial charge in [0.2, 0.25) is 0 Å². The normalized spacial score (nSPS) is 19.9. The van der Waals surface area contributed by atoms with Crippen LogP contribution < -0.4 is 0 Å². The Morgan fingerprint density at radius 1 is 1.21 bits per heavy atom. The van der Waals surface area contributed by atoms with Crippen LogP contribution in [0.25, 0.3) is 0 Å². The van der Waals surface area contributed by atoms with Gasteiger partial charge in [0.05, 0.1) is 12.0 Å². The molecule has 1 heterocycles. The molecule has 1 aliphatic rings. The number of rotatable bonds is 4. The number of carbonyl (C=O) groups is 1. The molecule has 0 aromatic heterocycles. The smallest absolute Gasteiger partial charge is 0.310 e. The van der Waals surface area contributed by atoms with Crippen LogP contribution in [-0.2, 0) is 9.53 Å². The van der Waals surface area contributed by atoms with Gasteiger partial charge in [0.25, 0.3) is 0 Å². The summed E-state index contributed by atoms with van der Waals surface area (Å²) >= 11 is 0. The van der Waals surface area contributed by atoms with Gasteiger partial charge in [-0.3, -0.25) is 4.79 Å². The van der Waals surface area contributed by atoms with E-state index in [1.165, 1.54) is 0 Å². The number of hydrogen-bond acceptors (Lipinski definition) is 3. The first-order chi connectivity index (χ1) is 9.09. The topological polar surface area (TPSA) is 66.8 Å². The third-order valence-electron chi connectivity index (χ3n) is 3.86. The SMILES string of the molecule is CC(C(=O)O)c1ccc(C(O)C2CCOCC2)cc1. The number of hydrogen-bond donors (Lipinski definition) is 2. The van der Waals surface area contributed by atoms with Gasteiger partial charge < -0.3 is 14.9 Å². The van der Waals surface area contributed by atoms with E-state index in [1.807, 2.05) is 12.1 Å². The van der Waals surface area contributed by atoms with E-state index in [2.05, 4.69) is 0 Å². The van der Waals surface area contributed by atoms with Crippen LogP contribution in [0.4, 0.5) is 0 Å². The van der Waals surface area contributed by atoms with Crippen molar-refractivity contribution < 1.29 is 19.7 Å². The number of carboxylic acid groups (broad SMARTS) is 1. The van der Waals surface area contributed by atoms with Crippen molar-refractivity contribution in [1.82, 2.24) is 0 Å². The molecule has 1 aliphatic heterocycles. The number of aliphatic hydroxyl groups is 1. The summed E-state index contributed by atoms with van der Waals surface area (Å²) in [6, 6.07) is 7.23. The molecule has 0 spiro atoms. The number of carboxylic acids is 1. The molecule has 2 atom stereocenters. The summed E-state index contributed by atoms with van der Waals surface area (Å²) in [4.78, 5) is 10.9. The Hall–Kier alpha value is -1.39. The van der Waals surface area contributed by atoms with Crippen LogP contribution in [0.1, 0.15) is 42.9 Å². The molecule has 1 aromatic carbocycles. The van der Waals surface area contributed by atoms with Crippen LogP contribution in [-0.4, -0.2) is 29.4 Å². The fraction of sp³-hybridized carbons (Fsp3) is 0.533. The highest BCUT2D eigenvalue weighted by molar-refractivity contribution is 5.75. The molecule has 19 heavy (non-hydrogen) atoms. The van der Waals surface area contributed by atoms with Gasteiger partial charge in [0.15, 0.2) is 0 Å². The van der Waals surface area contributed by atoms with Gasteiger partial charge >= 0.3 is 5.97 Å². The highest BCUT2D eigenvalue weighted by atomic mass is 16.5. The van der Waals surface area contributed by atoms with Crippen LogP contribution >= 0.6 is 0 Å².